The minimum atomic E-state index is -0.941. The van der Waals surface area contributed by atoms with Gasteiger partial charge >= 0.3 is 0 Å². The van der Waals surface area contributed by atoms with Crippen molar-refractivity contribution in [3.63, 3.8) is 0 Å². The van der Waals surface area contributed by atoms with Crippen LogP contribution in [0.3, 0.4) is 0 Å². The van der Waals surface area contributed by atoms with Crippen molar-refractivity contribution in [1.82, 2.24) is 4.90 Å². The quantitative estimate of drug-likeness (QED) is 0.920. The second kappa shape index (κ2) is 7.42. The summed E-state index contributed by atoms with van der Waals surface area (Å²) in [6, 6.07) is 4.81. The Kier molecular flexibility index (Phi) is 5.48. The fourth-order valence-corrected chi connectivity index (χ4v) is 3.98. The highest BCUT2D eigenvalue weighted by atomic mass is 16.5. The molecule has 2 aliphatic rings. The van der Waals surface area contributed by atoms with Crippen LogP contribution in [-0.2, 0) is 4.74 Å². The molecule has 134 valence electrons. The van der Waals surface area contributed by atoms with Crippen molar-refractivity contribution in [3.05, 3.63) is 28.8 Å². The lowest BCUT2D eigenvalue weighted by Crippen LogP contribution is -2.51. The van der Waals surface area contributed by atoms with Gasteiger partial charge < -0.3 is 14.6 Å². The molecule has 1 heterocycles. The van der Waals surface area contributed by atoms with Crippen LogP contribution in [0.15, 0.2) is 12.1 Å². The van der Waals surface area contributed by atoms with Gasteiger partial charge in [0, 0.05) is 19.1 Å². The van der Waals surface area contributed by atoms with Crippen LogP contribution in [0.5, 0.6) is 5.75 Å². The van der Waals surface area contributed by atoms with Crippen molar-refractivity contribution in [2.24, 2.45) is 0 Å². The normalized spacial score (nSPS) is 26.5. The molecule has 1 saturated heterocycles. The highest BCUT2D eigenvalue weighted by Gasteiger charge is 2.36. The number of hydrogen-bond donors (Lipinski definition) is 1. The Morgan fingerprint density at radius 3 is 2.75 bits per heavy atom. The van der Waals surface area contributed by atoms with Gasteiger partial charge in [0.05, 0.1) is 13.2 Å². The molecular formula is C20H31NO3. The van der Waals surface area contributed by atoms with Crippen LogP contribution in [-0.4, -0.2) is 54.6 Å². The number of β-amino-alcohol motifs (C(OH)–C–C–N with tert-alkyl or cyclic N) is 1. The van der Waals surface area contributed by atoms with E-state index < -0.39 is 5.60 Å². The van der Waals surface area contributed by atoms with Crippen molar-refractivity contribution in [3.8, 4) is 5.75 Å². The molecule has 4 heteroatoms. The third kappa shape index (κ3) is 4.11. The summed E-state index contributed by atoms with van der Waals surface area (Å²) < 4.78 is 11.7. The molecule has 1 atom stereocenters. The molecule has 1 aliphatic heterocycles. The van der Waals surface area contributed by atoms with E-state index in [-0.39, 0.29) is 6.61 Å². The molecule has 0 amide bonds. The zero-order chi connectivity index (χ0) is 17.2. The van der Waals surface area contributed by atoms with Gasteiger partial charge in [0.25, 0.3) is 0 Å². The zero-order valence-corrected chi connectivity index (χ0v) is 15.3. The van der Waals surface area contributed by atoms with Crippen LogP contribution in [0.4, 0.5) is 0 Å². The van der Waals surface area contributed by atoms with Gasteiger partial charge in [-0.2, -0.15) is 0 Å². The summed E-state index contributed by atoms with van der Waals surface area (Å²) in [5.74, 6) is 0.873. The van der Waals surface area contributed by atoms with E-state index in [0.29, 0.717) is 25.8 Å². The first kappa shape index (κ1) is 17.7. The summed E-state index contributed by atoms with van der Waals surface area (Å²) >= 11 is 0. The van der Waals surface area contributed by atoms with Crippen molar-refractivity contribution in [2.75, 3.05) is 32.9 Å². The summed E-state index contributed by atoms with van der Waals surface area (Å²) in [6.45, 7) is 9.12. The number of rotatable bonds is 4. The van der Waals surface area contributed by atoms with Crippen molar-refractivity contribution in [1.29, 1.82) is 0 Å². The minimum Gasteiger partial charge on any atom is -0.490 e. The molecule has 24 heavy (non-hydrogen) atoms. The third-order valence-corrected chi connectivity index (χ3v) is 5.49. The molecule has 1 aliphatic carbocycles. The second-order valence-corrected chi connectivity index (χ2v) is 7.68. The monoisotopic (exact) mass is 333 g/mol. The first-order valence-corrected chi connectivity index (χ1v) is 9.22. The van der Waals surface area contributed by atoms with Gasteiger partial charge in [-0.25, -0.2) is 0 Å². The summed E-state index contributed by atoms with van der Waals surface area (Å²) in [5.41, 5.74) is 2.61. The molecule has 1 N–H and O–H groups in total. The summed E-state index contributed by atoms with van der Waals surface area (Å²) in [7, 11) is 0. The average molecular weight is 333 g/mol. The van der Waals surface area contributed by atoms with Crippen LogP contribution in [0, 0.1) is 20.8 Å². The van der Waals surface area contributed by atoms with E-state index in [4.69, 9.17) is 9.47 Å². The predicted molar refractivity (Wildman–Crippen MR) is 95.7 cm³/mol. The molecule has 1 saturated carbocycles. The van der Waals surface area contributed by atoms with E-state index in [0.717, 1.165) is 17.9 Å². The van der Waals surface area contributed by atoms with Crippen molar-refractivity contribution < 1.29 is 14.6 Å². The number of aryl methyl sites for hydroxylation is 2. The Balaban J connectivity index is 1.68. The number of benzene rings is 1. The predicted octanol–water partition coefficient (Wildman–Crippen LogP) is 3.00. The lowest BCUT2D eigenvalue weighted by molar-refractivity contribution is -0.0670. The maximum Gasteiger partial charge on any atom is 0.134 e. The molecular weight excluding hydrogens is 302 g/mol. The second-order valence-electron chi connectivity index (χ2n) is 7.68. The number of aliphatic hydroxyl groups is 1. The van der Waals surface area contributed by atoms with E-state index in [2.05, 4.69) is 37.8 Å². The van der Waals surface area contributed by atoms with E-state index >= 15 is 0 Å². The minimum absolute atomic E-state index is 0.278. The molecule has 4 nitrogen and oxygen atoms in total. The zero-order valence-electron chi connectivity index (χ0n) is 15.3. The van der Waals surface area contributed by atoms with Crippen LogP contribution >= 0.6 is 0 Å². The highest BCUT2D eigenvalue weighted by Crippen LogP contribution is 2.28. The Morgan fingerprint density at radius 1 is 1.25 bits per heavy atom. The standard InChI is InChI=1S/C20H31NO3/c1-15-10-16(2)17(3)19(11-15)24-14-20(22)12-21(8-9-23-13-20)18-6-4-5-7-18/h10-11,18,22H,4-9,12-14H2,1-3H3. The van der Waals surface area contributed by atoms with Crippen LogP contribution in [0.25, 0.3) is 0 Å². The van der Waals surface area contributed by atoms with Crippen molar-refractivity contribution >= 4 is 0 Å². The first-order chi connectivity index (χ1) is 11.5. The topological polar surface area (TPSA) is 41.9 Å². The molecule has 0 spiro atoms. The lowest BCUT2D eigenvalue weighted by Gasteiger charge is -2.34. The van der Waals surface area contributed by atoms with Gasteiger partial charge in [-0.05, 0) is 56.4 Å². The molecule has 1 unspecified atom stereocenters. The van der Waals surface area contributed by atoms with Gasteiger partial charge in [-0.1, -0.05) is 18.9 Å². The summed E-state index contributed by atoms with van der Waals surface area (Å²) in [4.78, 5) is 2.41. The SMILES string of the molecule is Cc1cc(C)c(C)c(OCC2(O)COCCN(C3CCCC3)C2)c1. The maximum absolute atomic E-state index is 11.1. The Bertz CT molecular complexity index is 568. The lowest BCUT2D eigenvalue weighted by atomic mass is 10.0. The molecule has 1 aromatic rings. The Morgan fingerprint density at radius 2 is 2.00 bits per heavy atom. The summed E-state index contributed by atoms with van der Waals surface area (Å²) in [5, 5.41) is 11.1. The van der Waals surface area contributed by atoms with Gasteiger partial charge in [0.2, 0.25) is 0 Å². The molecule has 0 aromatic heterocycles. The maximum atomic E-state index is 11.1. The Labute approximate surface area is 145 Å². The first-order valence-electron chi connectivity index (χ1n) is 9.22. The average Bonchev–Trinajstić information content (AvgIpc) is 3.00. The fourth-order valence-electron chi connectivity index (χ4n) is 3.98. The molecule has 0 radical (unpaired) electrons. The largest absolute Gasteiger partial charge is 0.490 e. The number of ether oxygens (including phenoxy) is 2. The van der Waals surface area contributed by atoms with Crippen molar-refractivity contribution in [2.45, 2.75) is 58.1 Å². The summed E-state index contributed by atoms with van der Waals surface area (Å²) in [6.07, 6.45) is 5.09. The van der Waals surface area contributed by atoms with Crippen LogP contribution < -0.4 is 4.74 Å². The van der Waals surface area contributed by atoms with E-state index in [9.17, 15) is 5.11 Å². The Hall–Kier alpha value is -1.10. The van der Waals surface area contributed by atoms with Crippen LogP contribution in [0.1, 0.15) is 42.4 Å². The van der Waals surface area contributed by atoms with Crippen LogP contribution in [0.2, 0.25) is 0 Å². The fraction of sp³-hybridized carbons (Fsp3) is 0.700. The van der Waals surface area contributed by atoms with E-state index in [1.165, 1.54) is 36.8 Å². The highest BCUT2D eigenvalue weighted by molar-refractivity contribution is 5.42. The van der Waals surface area contributed by atoms with E-state index in [1.54, 1.807) is 0 Å². The smallest absolute Gasteiger partial charge is 0.134 e. The van der Waals surface area contributed by atoms with Gasteiger partial charge in [-0.15, -0.1) is 0 Å². The van der Waals surface area contributed by atoms with Gasteiger partial charge in [0.15, 0.2) is 0 Å². The number of hydrogen-bond acceptors (Lipinski definition) is 4. The van der Waals surface area contributed by atoms with Gasteiger partial charge in [-0.3, -0.25) is 4.90 Å². The van der Waals surface area contributed by atoms with Gasteiger partial charge in [0.1, 0.15) is 18.0 Å². The number of nitrogens with zero attached hydrogens (tertiary/aromatic N) is 1. The molecule has 3 rings (SSSR count). The molecule has 2 fully saturated rings. The van der Waals surface area contributed by atoms with E-state index in [1.807, 2.05) is 0 Å². The molecule has 1 aromatic carbocycles. The third-order valence-electron chi connectivity index (χ3n) is 5.49. The molecule has 0 bridgehead atoms.